The Morgan fingerprint density at radius 2 is 2.05 bits per heavy atom. The zero-order valence-corrected chi connectivity index (χ0v) is 12.2. The fourth-order valence-electron chi connectivity index (χ4n) is 2.68. The van der Waals surface area contributed by atoms with Crippen LogP contribution in [0.2, 0.25) is 0 Å². The molecule has 1 aliphatic rings. The summed E-state index contributed by atoms with van der Waals surface area (Å²) in [4.78, 5) is 0. The van der Waals surface area contributed by atoms with Gasteiger partial charge in [-0.3, -0.25) is 9.36 Å². The summed E-state index contributed by atoms with van der Waals surface area (Å²) in [6.07, 6.45) is 4.57. The maximum Gasteiger partial charge on any atom is 0.0857 e. The molecule has 4 rings (SSSR count). The first-order valence-electron chi connectivity index (χ1n) is 7.46. The van der Waals surface area contributed by atoms with E-state index in [1.807, 2.05) is 24.0 Å². The van der Waals surface area contributed by atoms with Gasteiger partial charge in [-0.15, -0.1) is 0 Å². The summed E-state index contributed by atoms with van der Waals surface area (Å²) in [5.74, 6) is 0. The van der Waals surface area contributed by atoms with Crippen LogP contribution in [0.4, 0.5) is 0 Å². The Morgan fingerprint density at radius 3 is 2.81 bits per heavy atom. The summed E-state index contributed by atoms with van der Waals surface area (Å²) >= 11 is 0. The van der Waals surface area contributed by atoms with E-state index in [1.54, 1.807) is 0 Å². The maximum absolute atomic E-state index is 4.80. The van der Waals surface area contributed by atoms with Gasteiger partial charge in [0.1, 0.15) is 0 Å². The molecule has 0 unspecified atom stereocenters. The number of aryl methyl sites for hydroxylation is 1. The zero-order valence-electron chi connectivity index (χ0n) is 12.2. The molecule has 0 radical (unpaired) electrons. The number of para-hydroxylation sites is 1. The molecule has 3 aromatic rings. The number of fused-ring (bicyclic) bond motifs is 1. The number of benzene rings is 1. The molecule has 0 bridgehead atoms. The second kappa shape index (κ2) is 5.00. The van der Waals surface area contributed by atoms with Crippen molar-refractivity contribution in [2.24, 2.45) is 7.05 Å². The summed E-state index contributed by atoms with van der Waals surface area (Å²) in [7, 11) is 1.94. The highest BCUT2D eigenvalue weighted by Crippen LogP contribution is 2.22. The van der Waals surface area contributed by atoms with Gasteiger partial charge >= 0.3 is 0 Å². The van der Waals surface area contributed by atoms with E-state index < -0.39 is 0 Å². The van der Waals surface area contributed by atoms with E-state index in [0.29, 0.717) is 12.6 Å². The van der Waals surface area contributed by atoms with Crippen LogP contribution < -0.4 is 5.32 Å². The average molecular weight is 281 g/mol. The van der Waals surface area contributed by atoms with Gasteiger partial charge in [0, 0.05) is 31.2 Å². The molecule has 1 aromatic carbocycles. The Balaban J connectivity index is 1.66. The van der Waals surface area contributed by atoms with Crippen molar-refractivity contribution in [3.8, 4) is 0 Å². The smallest absolute Gasteiger partial charge is 0.0857 e. The van der Waals surface area contributed by atoms with E-state index in [4.69, 9.17) is 5.10 Å². The normalized spacial score (nSPS) is 14.9. The van der Waals surface area contributed by atoms with Crippen molar-refractivity contribution in [1.29, 1.82) is 0 Å². The Bertz CT molecular complexity index is 766. The SMILES string of the molecule is Cn1ccc(Cn2nc(CNC3CC3)c3ccccc32)n1. The largest absolute Gasteiger partial charge is 0.308 e. The predicted molar refractivity (Wildman–Crippen MR) is 81.9 cm³/mol. The second-order valence-corrected chi connectivity index (χ2v) is 5.76. The van der Waals surface area contributed by atoms with Gasteiger partial charge in [0.2, 0.25) is 0 Å². The predicted octanol–water partition coefficient (Wildman–Crippen LogP) is 2.07. The van der Waals surface area contributed by atoms with Crippen LogP contribution in [0, 0.1) is 0 Å². The van der Waals surface area contributed by atoms with Crippen LogP contribution in [0.1, 0.15) is 24.2 Å². The topological polar surface area (TPSA) is 47.7 Å². The molecule has 108 valence electrons. The van der Waals surface area contributed by atoms with Crippen LogP contribution in [-0.4, -0.2) is 25.6 Å². The molecule has 1 N–H and O–H groups in total. The van der Waals surface area contributed by atoms with Crippen LogP contribution in [-0.2, 0) is 20.1 Å². The highest BCUT2D eigenvalue weighted by atomic mass is 15.3. The van der Waals surface area contributed by atoms with Crippen molar-refractivity contribution in [3.05, 3.63) is 47.9 Å². The molecule has 21 heavy (non-hydrogen) atoms. The molecule has 1 aliphatic carbocycles. The highest BCUT2D eigenvalue weighted by Gasteiger charge is 2.21. The maximum atomic E-state index is 4.80. The molecule has 0 amide bonds. The van der Waals surface area contributed by atoms with Crippen molar-refractivity contribution < 1.29 is 0 Å². The lowest BCUT2D eigenvalue weighted by atomic mass is 10.2. The van der Waals surface area contributed by atoms with E-state index in [-0.39, 0.29) is 0 Å². The molecular formula is C16H19N5. The monoisotopic (exact) mass is 281 g/mol. The Kier molecular flexibility index (Phi) is 3.00. The van der Waals surface area contributed by atoms with Crippen LogP contribution in [0.5, 0.6) is 0 Å². The molecule has 5 nitrogen and oxygen atoms in total. The van der Waals surface area contributed by atoms with Crippen molar-refractivity contribution in [2.45, 2.75) is 32.0 Å². The number of rotatable bonds is 5. The molecule has 1 saturated carbocycles. The van der Waals surface area contributed by atoms with E-state index in [9.17, 15) is 0 Å². The molecule has 2 aromatic heterocycles. The van der Waals surface area contributed by atoms with Crippen LogP contribution in [0.15, 0.2) is 36.5 Å². The Labute approximate surface area is 123 Å². The molecule has 2 heterocycles. The first kappa shape index (κ1) is 12.6. The third-order valence-corrected chi connectivity index (χ3v) is 3.95. The minimum Gasteiger partial charge on any atom is -0.308 e. The Hall–Kier alpha value is -2.14. The van der Waals surface area contributed by atoms with Gasteiger partial charge in [0.25, 0.3) is 0 Å². The summed E-state index contributed by atoms with van der Waals surface area (Å²) in [5.41, 5.74) is 3.34. The van der Waals surface area contributed by atoms with E-state index in [2.05, 4.69) is 39.4 Å². The minimum absolute atomic E-state index is 0.699. The van der Waals surface area contributed by atoms with Crippen LogP contribution in [0.25, 0.3) is 10.9 Å². The number of aromatic nitrogens is 4. The Morgan fingerprint density at radius 1 is 1.19 bits per heavy atom. The van der Waals surface area contributed by atoms with Crippen molar-refractivity contribution in [3.63, 3.8) is 0 Å². The second-order valence-electron chi connectivity index (χ2n) is 5.76. The van der Waals surface area contributed by atoms with Gasteiger partial charge in [0.05, 0.1) is 23.4 Å². The third-order valence-electron chi connectivity index (χ3n) is 3.95. The number of hydrogen-bond acceptors (Lipinski definition) is 3. The zero-order chi connectivity index (χ0) is 14.2. The lowest BCUT2D eigenvalue weighted by Crippen LogP contribution is -2.16. The van der Waals surface area contributed by atoms with E-state index in [1.165, 1.54) is 23.7 Å². The lowest BCUT2D eigenvalue weighted by Gasteiger charge is -2.00. The fraction of sp³-hybridized carbons (Fsp3) is 0.375. The van der Waals surface area contributed by atoms with Gasteiger partial charge in [-0.2, -0.15) is 10.2 Å². The van der Waals surface area contributed by atoms with Gasteiger partial charge < -0.3 is 5.32 Å². The van der Waals surface area contributed by atoms with Crippen molar-refractivity contribution >= 4 is 10.9 Å². The molecule has 0 spiro atoms. The molecule has 0 aliphatic heterocycles. The molecular weight excluding hydrogens is 262 g/mol. The first-order valence-corrected chi connectivity index (χ1v) is 7.46. The molecule has 5 heteroatoms. The summed E-state index contributed by atoms with van der Waals surface area (Å²) < 4.78 is 3.89. The molecule has 0 atom stereocenters. The van der Waals surface area contributed by atoms with E-state index in [0.717, 1.165) is 17.9 Å². The van der Waals surface area contributed by atoms with Gasteiger partial charge in [-0.05, 0) is 25.0 Å². The number of nitrogens with one attached hydrogen (secondary N) is 1. The fourth-order valence-corrected chi connectivity index (χ4v) is 2.68. The number of hydrogen-bond donors (Lipinski definition) is 1. The van der Waals surface area contributed by atoms with E-state index >= 15 is 0 Å². The quantitative estimate of drug-likeness (QED) is 0.779. The summed E-state index contributed by atoms with van der Waals surface area (Å²) in [6.45, 7) is 1.56. The standard InChI is InChI=1S/C16H19N5/c1-20-9-8-13(18-20)11-21-16-5-3-2-4-14(16)15(19-21)10-17-12-6-7-12/h2-5,8-9,12,17H,6-7,10-11H2,1H3. The van der Waals surface area contributed by atoms with Gasteiger partial charge in [0.15, 0.2) is 0 Å². The summed E-state index contributed by atoms with van der Waals surface area (Å²) in [5, 5.41) is 14.0. The van der Waals surface area contributed by atoms with Crippen molar-refractivity contribution in [1.82, 2.24) is 24.9 Å². The van der Waals surface area contributed by atoms with Crippen LogP contribution >= 0.6 is 0 Å². The minimum atomic E-state index is 0.699. The van der Waals surface area contributed by atoms with Gasteiger partial charge in [-0.25, -0.2) is 0 Å². The van der Waals surface area contributed by atoms with Gasteiger partial charge in [-0.1, -0.05) is 18.2 Å². The van der Waals surface area contributed by atoms with Crippen molar-refractivity contribution in [2.75, 3.05) is 0 Å². The lowest BCUT2D eigenvalue weighted by molar-refractivity contribution is 0.628. The first-order chi connectivity index (χ1) is 10.3. The highest BCUT2D eigenvalue weighted by molar-refractivity contribution is 5.82. The molecule has 0 saturated heterocycles. The van der Waals surface area contributed by atoms with Crippen LogP contribution in [0.3, 0.4) is 0 Å². The summed E-state index contributed by atoms with van der Waals surface area (Å²) in [6, 6.07) is 11.2. The average Bonchev–Trinajstić information content (AvgIpc) is 3.15. The number of nitrogens with zero attached hydrogens (tertiary/aromatic N) is 4. The molecule has 1 fully saturated rings. The third kappa shape index (κ3) is 2.56.